The summed E-state index contributed by atoms with van der Waals surface area (Å²) in [6, 6.07) is 0. The van der Waals surface area contributed by atoms with Crippen molar-refractivity contribution in [3.05, 3.63) is 12.7 Å². The van der Waals surface area contributed by atoms with Gasteiger partial charge in [0.05, 0.1) is 0 Å². The van der Waals surface area contributed by atoms with Crippen molar-refractivity contribution in [3.8, 4) is 0 Å². The summed E-state index contributed by atoms with van der Waals surface area (Å²) in [5.41, 5.74) is -1.11. The zero-order chi connectivity index (χ0) is 7.49. The van der Waals surface area contributed by atoms with Gasteiger partial charge in [-0.1, -0.05) is 26.5 Å². The van der Waals surface area contributed by atoms with Gasteiger partial charge in [0, 0.05) is 6.21 Å². The third-order valence-corrected chi connectivity index (χ3v) is 1.48. The molecular formula is C7H13NO. The van der Waals surface area contributed by atoms with Crippen LogP contribution in [0.25, 0.3) is 0 Å². The maximum Gasteiger partial charge on any atom is 0.119 e. The van der Waals surface area contributed by atoms with E-state index in [2.05, 4.69) is 6.58 Å². The van der Waals surface area contributed by atoms with E-state index in [4.69, 9.17) is 5.41 Å². The minimum atomic E-state index is -1.11. The van der Waals surface area contributed by atoms with Crippen LogP contribution in [0.15, 0.2) is 12.7 Å². The van der Waals surface area contributed by atoms with Crippen molar-refractivity contribution in [3.63, 3.8) is 0 Å². The zero-order valence-corrected chi connectivity index (χ0v) is 5.89. The molecule has 2 heteroatoms. The molecule has 9 heavy (non-hydrogen) atoms. The van der Waals surface area contributed by atoms with E-state index in [1.54, 1.807) is 0 Å². The van der Waals surface area contributed by atoms with Gasteiger partial charge in [-0.05, 0) is 5.92 Å². The fourth-order valence-corrected chi connectivity index (χ4v) is 0.461. The standard InChI is InChI=1S/C7H13NO/c1-4-7(9,5-8)6(2)3/h4-6,8-9H,1H2,2-3H3. The molecule has 0 bridgehead atoms. The first-order valence-corrected chi connectivity index (χ1v) is 2.94. The topological polar surface area (TPSA) is 44.1 Å². The molecule has 0 aromatic carbocycles. The number of aliphatic hydroxyl groups is 1. The van der Waals surface area contributed by atoms with E-state index in [0.717, 1.165) is 6.21 Å². The molecule has 1 atom stereocenters. The van der Waals surface area contributed by atoms with Crippen LogP contribution >= 0.6 is 0 Å². The molecule has 0 aromatic rings. The Morgan fingerprint density at radius 2 is 2.11 bits per heavy atom. The number of hydrogen-bond acceptors (Lipinski definition) is 2. The second-order valence-corrected chi connectivity index (χ2v) is 2.39. The Kier molecular flexibility index (Phi) is 2.59. The summed E-state index contributed by atoms with van der Waals surface area (Å²) in [6.45, 7) is 7.10. The van der Waals surface area contributed by atoms with Crippen LogP contribution in [0.2, 0.25) is 0 Å². The molecule has 0 amide bonds. The van der Waals surface area contributed by atoms with Crippen LogP contribution in [0.3, 0.4) is 0 Å². The van der Waals surface area contributed by atoms with Gasteiger partial charge in [0.25, 0.3) is 0 Å². The fourth-order valence-electron chi connectivity index (χ4n) is 0.461. The predicted octanol–water partition coefficient (Wildman–Crippen LogP) is 1.21. The lowest BCUT2D eigenvalue weighted by atomic mass is 9.92. The molecule has 0 heterocycles. The average Bonchev–Trinajstić information content (AvgIpc) is 1.86. The van der Waals surface area contributed by atoms with Crippen LogP contribution in [0.1, 0.15) is 13.8 Å². The molecule has 0 radical (unpaired) electrons. The first kappa shape index (κ1) is 8.37. The lowest BCUT2D eigenvalue weighted by Gasteiger charge is -2.22. The highest BCUT2D eigenvalue weighted by atomic mass is 16.3. The third-order valence-electron chi connectivity index (χ3n) is 1.48. The van der Waals surface area contributed by atoms with Crippen molar-refractivity contribution in [1.82, 2.24) is 0 Å². The first-order valence-electron chi connectivity index (χ1n) is 2.94. The lowest BCUT2D eigenvalue weighted by molar-refractivity contribution is 0.117. The number of rotatable bonds is 3. The summed E-state index contributed by atoms with van der Waals surface area (Å²) < 4.78 is 0. The molecule has 2 nitrogen and oxygen atoms in total. The smallest absolute Gasteiger partial charge is 0.119 e. The van der Waals surface area contributed by atoms with Gasteiger partial charge in [-0.3, -0.25) is 0 Å². The Morgan fingerprint density at radius 1 is 1.67 bits per heavy atom. The highest BCUT2D eigenvalue weighted by Crippen LogP contribution is 2.14. The molecule has 1 unspecified atom stereocenters. The normalized spacial score (nSPS) is 16.9. The molecule has 0 aromatic heterocycles. The van der Waals surface area contributed by atoms with E-state index in [0.29, 0.717) is 0 Å². The Morgan fingerprint density at radius 3 is 2.11 bits per heavy atom. The van der Waals surface area contributed by atoms with Crippen molar-refractivity contribution in [1.29, 1.82) is 5.41 Å². The van der Waals surface area contributed by atoms with Crippen LogP contribution in [0.4, 0.5) is 0 Å². The number of hydrogen-bond donors (Lipinski definition) is 2. The second-order valence-electron chi connectivity index (χ2n) is 2.39. The molecule has 0 spiro atoms. The van der Waals surface area contributed by atoms with Crippen LogP contribution in [-0.2, 0) is 0 Å². The Labute approximate surface area is 55.7 Å². The summed E-state index contributed by atoms with van der Waals surface area (Å²) in [5, 5.41) is 16.2. The molecule has 0 saturated carbocycles. The maximum absolute atomic E-state index is 9.34. The Balaban J connectivity index is 4.26. The molecule has 2 N–H and O–H groups in total. The minimum absolute atomic E-state index is 0.0208. The molecule has 0 aliphatic carbocycles. The monoisotopic (exact) mass is 127 g/mol. The van der Waals surface area contributed by atoms with Crippen molar-refractivity contribution < 1.29 is 5.11 Å². The van der Waals surface area contributed by atoms with Gasteiger partial charge < -0.3 is 10.5 Å². The summed E-state index contributed by atoms with van der Waals surface area (Å²) in [5.74, 6) is 0.0208. The van der Waals surface area contributed by atoms with E-state index in [1.165, 1.54) is 6.08 Å². The van der Waals surface area contributed by atoms with Gasteiger partial charge in [0.1, 0.15) is 5.60 Å². The van der Waals surface area contributed by atoms with Crippen molar-refractivity contribution in [2.75, 3.05) is 0 Å². The van der Waals surface area contributed by atoms with E-state index >= 15 is 0 Å². The van der Waals surface area contributed by atoms with E-state index in [9.17, 15) is 5.11 Å². The first-order chi connectivity index (χ1) is 4.06. The summed E-state index contributed by atoms with van der Waals surface area (Å²) in [7, 11) is 0. The summed E-state index contributed by atoms with van der Waals surface area (Å²) >= 11 is 0. The molecule has 52 valence electrons. The molecule has 0 saturated heterocycles. The van der Waals surface area contributed by atoms with Gasteiger partial charge >= 0.3 is 0 Å². The van der Waals surface area contributed by atoms with Crippen LogP contribution in [0, 0.1) is 11.3 Å². The van der Waals surface area contributed by atoms with Crippen LogP contribution < -0.4 is 0 Å². The quantitative estimate of drug-likeness (QED) is 0.434. The van der Waals surface area contributed by atoms with Crippen molar-refractivity contribution >= 4 is 6.21 Å². The van der Waals surface area contributed by atoms with Crippen molar-refractivity contribution in [2.24, 2.45) is 5.92 Å². The molecule has 0 aliphatic heterocycles. The van der Waals surface area contributed by atoms with Crippen molar-refractivity contribution in [2.45, 2.75) is 19.4 Å². The summed E-state index contributed by atoms with van der Waals surface area (Å²) in [6.07, 6.45) is 2.38. The highest BCUT2D eigenvalue weighted by Gasteiger charge is 2.23. The Hall–Kier alpha value is -0.630. The summed E-state index contributed by atoms with van der Waals surface area (Å²) in [4.78, 5) is 0. The second kappa shape index (κ2) is 2.78. The van der Waals surface area contributed by atoms with E-state index in [-0.39, 0.29) is 5.92 Å². The molecule has 0 aliphatic rings. The van der Waals surface area contributed by atoms with Crippen LogP contribution in [-0.4, -0.2) is 16.9 Å². The molecule has 0 rings (SSSR count). The maximum atomic E-state index is 9.34. The molecule has 0 fully saturated rings. The predicted molar refractivity (Wildman–Crippen MR) is 38.8 cm³/mol. The minimum Gasteiger partial charge on any atom is -0.380 e. The SMILES string of the molecule is C=CC(O)(C=N)C(C)C. The van der Waals surface area contributed by atoms with Gasteiger partial charge in [-0.15, -0.1) is 0 Å². The highest BCUT2D eigenvalue weighted by molar-refractivity contribution is 5.68. The average molecular weight is 127 g/mol. The van der Waals surface area contributed by atoms with Gasteiger partial charge in [-0.25, -0.2) is 0 Å². The third kappa shape index (κ3) is 1.64. The Bertz CT molecular complexity index is 110. The number of nitrogens with one attached hydrogen (secondary N) is 1. The van der Waals surface area contributed by atoms with Gasteiger partial charge in [-0.2, -0.15) is 0 Å². The lowest BCUT2D eigenvalue weighted by Crippen LogP contribution is -2.33. The fraction of sp³-hybridized carbons (Fsp3) is 0.571. The molecular weight excluding hydrogens is 114 g/mol. The largest absolute Gasteiger partial charge is 0.380 e. The van der Waals surface area contributed by atoms with Gasteiger partial charge in [0.15, 0.2) is 0 Å². The van der Waals surface area contributed by atoms with E-state index < -0.39 is 5.60 Å². The van der Waals surface area contributed by atoms with Crippen LogP contribution in [0.5, 0.6) is 0 Å². The van der Waals surface area contributed by atoms with E-state index in [1.807, 2.05) is 13.8 Å². The van der Waals surface area contributed by atoms with Gasteiger partial charge in [0.2, 0.25) is 0 Å². The zero-order valence-electron chi connectivity index (χ0n) is 5.89.